The van der Waals surface area contributed by atoms with E-state index >= 15 is 0 Å². The number of hydrogen-bond acceptors (Lipinski definition) is 7. The lowest BCUT2D eigenvalue weighted by Crippen LogP contribution is -2.57. The summed E-state index contributed by atoms with van der Waals surface area (Å²) in [4.78, 5) is 66.5. The van der Waals surface area contributed by atoms with Crippen molar-refractivity contribution in [2.75, 3.05) is 18.6 Å². The molecule has 0 bridgehead atoms. The predicted octanol–water partition coefficient (Wildman–Crippen LogP) is 0.311. The maximum Gasteiger partial charge on any atom is 0.326 e. The third-order valence-electron chi connectivity index (χ3n) is 6.52. The summed E-state index contributed by atoms with van der Waals surface area (Å²) in [6.45, 7) is 0.229. The fraction of sp³-hybridized carbons (Fsp3) is 0.480. The van der Waals surface area contributed by atoms with E-state index in [9.17, 15) is 29.1 Å². The van der Waals surface area contributed by atoms with Gasteiger partial charge < -0.3 is 36.5 Å². The van der Waals surface area contributed by atoms with Gasteiger partial charge in [0.2, 0.25) is 17.7 Å². The van der Waals surface area contributed by atoms with Crippen LogP contribution in [-0.2, 0) is 30.4 Å². The van der Waals surface area contributed by atoms with E-state index in [4.69, 9.17) is 10.8 Å². The van der Waals surface area contributed by atoms with Gasteiger partial charge in [0.05, 0.1) is 12.5 Å². The summed E-state index contributed by atoms with van der Waals surface area (Å²) in [5.41, 5.74) is 7.71. The number of amides is 3. The molecule has 1 saturated heterocycles. The number of hydrogen-bond donors (Lipinski definition) is 6. The predicted molar refractivity (Wildman–Crippen MR) is 141 cm³/mol. The van der Waals surface area contributed by atoms with Crippen molar-refractivity contribution in [2.24, 2.45) is 5.73 Å². The molecule has 4 unspecified atom stereocenters. The molecule has 1 aliphatic rings. The number of rotatable bonds is 13. The molecule has 1 aromatic heterocycles. The number of nitrogens with zero attached hydrogens (tertiary/aromatic N) is 1. The number of carboxylic acids is 2. The number of aromatic amines is 1. The maximum atomic E-state index is 13.8. The lowest BCUT2D eigenvalue weighted by molar-refractivity contribution is -0.148. The minimum atomic E-state index is -1.63. The highest BCUT2D eigenvalue weighted by Gasteiger charge is 2.39. The minimum Gasteiger partial charge on any atom is -0.481 e. The number of aliphatic carboxylic acids is 2. The Bertz CT molecular complexity index is 1190. The Morgan fingerprint density at radius 3 is 2.58 bits per heavy atom. The molecule has 1 fully saturated rings. The van der Waals surface area contributed by atoms with E-state index in [0.29, 0.717) is 18.6 Å². The second kappa shape index (κ2) is 13.3. The lowest BCUT2D eigenvalue weighted by Gasteiger charge is -2.30. The summed E-state index contributed by atoms with van der Waals surface area (Å²) in [6, 6.07) is 3.07. The number of carbonyl (C=O) groups is 5. The molecule has 38 heavy (non-hydrogen) atoms. The molecule has 2 heterocycles. The third kappa shape index (κ3) is 7.25. The Morgan fingerprint density at radius 1 is 1.16 bits per heavy atom. The maximum absolute atomic E-state index is 13.8. The van der Waals surface area contributed by atoms with Gasteiger partial charge in [-0.25, -0.2) is 4.79 Å². The van der Waals surface area contributed by atoms with Crippen molar-refractivity contribution in [3.05, 3.63) is 36.0 Å². The number of carbonyl (C=O) groups excluding carboxylic acids is 3. The van der Waals surface area contributed by atoms with Crippen LogP contribution in [0.1, 0.15) is 31.2 Å². The Hall–Kier alpha value is -3.58. The standard InChI is InChI=1S/C25H33N5O7S/c1-38-10-8-16(26)22(33)28-18(11-14-13-27-17-6-3-2-5-15(14)17)24(35)30-9-4-7-20(30)23(34)29-19(25(36)37)12-21(31)32/h2-3,5-6,13,16,18-20,27H,4,7-12,26H2,1H3,(H,28,33)(H,29,34)(H,31,32)(H,36,37). The normalized spacial score (nSPS) is 17.5. The van der Waals surface area contributed by atoms with Gasteiger partial charge >= 0.3 is 11.9 Å². The average molecular weight is 548 g/mol. The van der Waals surface area contributed by atoms with Crippen LogP contribution in [0.5, 0.6) is 0 Å². The van der Waals surface area contributed by atoms with Gasteiger partial charge in [0.25, 0.3) is 0 Å². The Labute approximate surface area is 223 Å². The van der Waals surface area contributed by atoms with Gasteiger partial charge in [0.15, 0.2) is 0 Å². The monoisotopic (exact) mass is 547 g/mol. The van der Waals surface area contributed by atoms with Crippen molar-refractivity contribution < 1.29 is 34.2 Å². The molecule has 7 N–H and O–H groups in total. The van der Waals surface area contributed by atoms with Gasteiger partial charge in [-0.3, -0.25) is 19.2 Å². The molecule has 12 nitrogen and oxygen atoms in total. The van der Waals surface area contributed by atoms with Crippen molar-refractivity contribution in [3.63, 3.8) is 0 Å². The quantitative estimate of drug-likeness (QED) is 0.205. The summed E-state index contributed by atoms with van der Waals surface area (Å²) in [7, 11) is 0. The number of nitrogens with one attached hydrogen (secondary N) is 3. The van der Waals surface area contributed by atoms with Gasteiger partial charge in [-0.15, -0.1) is 0 Å². The number of nitrogens with two attached hydrogens (primary N) is 1. The van der Waals surface area contributed by atoms with Gasteiger partial charge in [0, 0.05) is 30.1 Å². The molecule has 13 heteroatoms. The highest BCUT2D eigenvalue weighted by Crippen LogP contribution is 2.23. The first-order valence-electron chi connectivity index (χ1n) is 12.3. The number of thioether (sulfide) groups is 1. The fourth-order valence-electron chi connectivity index (χ4n) is 4.52. The van der Waals surface area contributed by atoms with Gasteiger partial charge in [-0.05, 0) is 42.9 Å². The van der Waals surface area contributed by atoms with E-state index in [-0.39, 0.29) is 19.4 Å². The largest absolute Gasteiger partial charge is 0.481 e. The first kappa shape index (κ1) is 29.0. The van der Waals surface area contributed by atoms with Crippen LogP contribution in [0.3, 0.4) is 0 Å². The summed E-state index contributed by atoms with van der Waals surface area (Å²) >= 11 is 1.55. The molecular formula is C25H33N5O7S. The molecule has 0 radical (unpaired) electrons. The Morgan fingerprint density at radius 2 is 1.89 bits per heavy atom. The SMILES string of the molecule is CSCCC(N)C(=O)NC(Cc1c[nH]c2ccccc12)C(=O)N1CCCC1C(=O)NC(CC(=O)O)C(=O)O. The minimum absolute atomic E-state index is 0.144. The molecule has 0 spiro atoms. The van der Waals surface area contributed by atoms with E-state index in [1.54, 1.807) is 18.0 Å². The van der Waals surface area contributed by atoms with Crippen LogP contribution >= 0.6 is 11.8 Å². The van der Waals surface area contributed by atoms with Crippen LogP contribution in [-0.4, -0.2) is 92.5 Å². The number of para-hydroxylation sites is 1. The van der Waals surface area contributed by atoms with Crippen LogP contribution in [0, 0.1) is 0 Å². The average Bonchev–Trinajstić information content (AvgIpc) is 3.53. The van der Waals surface area contributed by atoms with E-state index in [0.717, 1.165) is 16.5 Å². The highest BCUT2D eigenvalue weighted by atomic mass is 32.2. The molecule has 0 aliphatic carbocycles. The van der Waals surface area contributed by atoms with E-state index in [1.165, 1.54) is 4.90 Å². The number of aromatic nitrogens is 1. The van der Waals surface area contributed by atoms with Crippen LogP contribution in [0.2, 0.25) is 0 Å². The third-order valence-corrected chi connectivity index (χ3v) is 7.16. The van der Waals surface area contributed by atoms with Gasteiger partial charge in [-0.2, -0.15) is 11.8 Å². The topological polar surface area (TPSA) is 195 Å². The highest BCUT2D eigenvalue weighted by molar-refractivity contribution is 7.98. The number of H-pyrrole nitrogens is 1. The summed E-state index contributed by atoms with van der Waals surface area (Å²) in [5, 5.41) is 24.2. The second-order valence-corrected chi connectivity index (χ2v) is 10.2. The number of benzene rings is 1. The van der Waals surface area contributed by atoms with Gasteiger partial charge in [0.1, 0.15) is 18.1 Å². The van der Waals surface area contributed by atoms with Gasteiger partial charge in [-0.1, -0.05) is 18.2 Å². The van der Waals surface area contributed by atoms with Crippen molar-refractivity contribution in [1.82, 2.24) is 20.5 Å². The molecule has 1 aromatic carbocycles. The van der Waals surface area contributed by atoms with Crippen molar-refractivity contribution in [2.45, 2.75) is 56.3 Å². The van der Waals surface area contributed by atoms with E-state index in [2.05, 4.69) is 15.6 Å². The van der Waals surface area contributed by atoms with Crippen LogP contribution < -0.4 is 16.4 Å². The zero-order valence-corrected chi connectivity index (χ0v) is 21.8. The fourth-order valence-corrected chi connectivity index (χ4v) is 5.01. The summed E-state index contributed by atoms with van der Waals surface area (Å²) < 4.78 is 0. The molecule has 4 atom stereocenters. The Balaban J connectivity index is 1.82. The van der Waals surface area contributed by atoms with Crippen LogP contribution in [0.25, 0.3) is 10.9 Å². The van der Waals surface area contributed by atoms with Crippen molar-refractivity contribution in [3.8, 4) is 0 Å². The summed E-state index contributed by atoms with van der Waals surface area (Å²) in [5.74, 6) is -3.92. The molecule has 3 amide bonds. The lowest BCUT2D eigenvalue weighted by atomic mass is 10.0. The van der Waals surface area contributed by atoms with Crippen LogP contribution in [0.4, 0.5) is 0 Å². The number of carboxylic acid groups (broad SMARTS) is 2. The molecular weight excluding hydrogens is 514 g/mol. The smallest absolute Gasteiger partial charge is 0.326 e. The zero-order chi connectivity index (χ0) is 27.8. The molecule has 206 valence electrons. The first-order valence-corrected chi connectivity index (χ1v) is 13.7. The molecule has 3 rings (SSSR count). The molecule has 0 saturated carbocycles. The van der Waals surface area contributed by atoms with Crippen molar-refractivity contribution in [1.29, 1.82) is 0 Å². The number of fused-ring (bicyclic) bond motifs is 1. The first-order chi connectivity index (χ1) is 18.1. The second-order valence-electron chi connectivity index (χ2n) is 9.20. The zero-order valence-electron chi connectivity index (χ0n) is 21.0. The summed E-state index contributed by atoms with van der Waals surface area (Å²) in [6.07, 6.45) is 4.20. The molecule has 2 aromatic rings. The number of likely N-dealkylation sites (tertiary alicyclic amines) is 1. The Kier molecular flexibility index (Phi) is 10.1. The molecule has 1 aliphatic heterocycles. The van der Waals surface area contributed by atoms with E-state index < -0.39 is 60.2 Å². The van der Waals surface area contributed by atoms with Crippen LogP contribution in [0.15, 0.2) is 30.5 Å². The van der Waals surface area contributed by atoms with E-state index in [1.807, 2.05) is 30.5 Å². The van der Waals surface area contributed by atoms with Crippen molar-refractivity contribution >= 4 is 52.3 Å².